The first-order chi connectivity index (χ1) is 14.3. The molecule has 0 spiro atoms. The Labute approximate surface area is 177 Å². The van der Waals surface area contributed by atoms with Crippen molar-refractivity contribution in [3.8, 4) is 0 Å². The fraction of sp³-hybridized carbons (Fsp3) is 0.824. The Morgan fingerprint density at radius 3 is 1.47 bits per heavy atom. The van der Waals surface area contributed by atoms with E-state index >= 15 is 0 Å². The molecular formula is C17H23F9O6. The molecule has 32 heavy (non-hydrogen) atoms. The van der Waals surface area contributed by atoms with E-state index in [-0.39, 0.29) is 6.42 Å². The third-order valence-corrected chi connectivity index (χ3v) is 3.59. The minimum Gasteiger partial charge on any atom is -0.454 e. The molecule has 0 saturated carbocycles. The molecule has 0 aliphatic heterocycles. The van der Waals surface area contributed by atoms with Crippen LogP contribution in [0.25, 0.3) is 0 Å². The molecule has 0 aliphatic rings. The SMILES string of the molecule is CCC(C)C(=O)OC(C(F)(F)F)C(F)(F)F.CCC(C)C(=O)OCC(=O)OCC(F)(F)F. The molecule has 0 aromatic heterocycles. The lowest BCUT2D eigenvalue weighted by Crippen LogP contribution is -2.46. The highest BCUT2D eigenvalue weighted by atomic mass is 19.4. The number of alkyl halides is 9. The van der Waals surface area contributed by atoms with Crippen LogP contribution < -0.4 is 0 Å². The summed E-state index contributed by atoms with van der Waals surface area (Å²) in [6, 6.07) is 0. The Morgan fingerprint density at radius 2 is 1.12 bits per heavy atom. The summed E-state index contributed by atoms with van der Waals surface area (Å²) in [5.74, 6) is -4.76. The van der Waals surface area contributed by atoms with Crippen LogP contribution in [-0.2, 0) is 28.6 Å². The van der Waals surface area contributed by atoms with Crippen LogP contribution in [0, 0.1) is 11.8 Å². The second-order valence-corrected chi connectivity index (χ2v) is 6.40. The van der Waals surface area contributed by atoms with Crippen molar-refractivity contribution in [2.75, 3.05) is 13.2 Å². The molecule has 0 aromatic rings. The highest BCUT2D eigenvalue weighted by Crippen LogP contribution is 2.36. The number of esters is 3. The number of hydrogen-bond donors (Lipinski definition) is 0. The van der Waals surface area contributed by atoms with Gasteiger partial charge in [0.25, 0.3) is 6.10 Å². The molecule has 0 rings (SSSR count). The van der Waals surface area contributed by atoms with E-state index in [1.807, 2.05) is 0 Å². The zero-order chi connectivity index (χ0) is 25.9. The lowest BCUT2D eigenvalue weighted by atomic mass is 10.1. The minimum atomic E-state index is -5.65. The van der Waals surface area contributed by atoms with Crippen molar-refractivity contribution in [1.82, 2.24) is 0 Å². The van der Waals surface area contributed by atoms with Gasteiger partial charge in [0, 0.05) is 0 Å². The molecule has 190 valence electrons. The zero-order valence-electron chi connectivity index (χ0n) is 17.4. The van der Waals surface area contributed by atoms with E-state index in [1.165, 1.54) is 13.8 Å². The Kier molecular flexibility index (Phi) is 13.3. The summed E-state index contributed by atoms with van der Waals surface area (Å²) in [4.78, 5) is 32.6. The van der Waals surface area contributed by atoms with Gasteiger partial charge in [-0.3, -0.25) is 9.59 Å². The van der Waals surface area contributed by atoms with Crippen LogP contribution in [0.15, 0.2) is 0 Å². The van der Waals surface area contributed by atoms with Crippen LogP contribution in [-0.4, -0.2) is 55.8 Å². The van der Waals surface area contributed by atoms with E-state index in [2.05, 4.69) is 14.2 Å². The molecule has 0 aliphatic carbocycles. The van der Waals surface area contributed by atoms with E-state index < -0.39 is 67.6 Å². The Morgan fingerprint density at radius 1 is 0.719 bits per heavy atom. The van der Waals surface area contributed by atoms with Gasteiger partial charge >= 0.3 is 36.4 Å². The van der Waals surface area contributed by atoms with Crippen LogP contribution in [0.3, 0.4) is 0 Å². The van der Waals surface area contributed by atoms with Gasteiger partial charge in [0.1, 0.15) is 0 Å². The number of ether oxygens (including phenoxy) is 3. The lowest BCUT2D eigenvalue weighted by molar-refractivity contribution is -0.314. The maximum absolute atomic E-state index is 11.9. The van der Waals surface area contributed by atoms with Crippen LogP contribution in [0.4, 0.5) is 39.5 Å². The first-order valence-electron chi connectivity index (χ1n) is 8.99. The Hall–Kier alpha value is -2.22. The molecule has 15 heteroatoms. The number of hydrogen-bond acceptors (Lipinski definition) is 6. The molecule has 0 fully saturated rings. The van der Waals surface area contributed by atoms with Crippen molar-refractivity contribution in [2.24, 2.45) is 11.8 Å². The molecule has 0 saturated heterocycles. The summed E-state index contributed by atoms with van der Waals surface area (Å²) in [6.45, 7) is 3.50. The van der Waals surface area contributed by atoms with E-state index in [0.29, 0.717) is 6.42 Å². The van der Waals surface area contributed by atoms with Gasteiger partial charge in [-0.25, -0.2) is 4.79 Å². The predicted molar refractivity (Wildman–Crippen MR) is 88.9 cm³/mol. The number of rotatable bonds is 8. The van der Waals surface area contributed by atoms with Crippen molar-refractivity contribution in [3.05, 3.63) is 0 Å². The van der Waals surface area contributed by atoms with Crippen LogP contribution >= 0.6 is 0 Å². The van der Waals surface area contributed by atoms with Crippen molar-refractivity contribution in [2.45, 2.75) is 65.2 Å². The summed E-state index contributed by atoms with van der Waals surface area (Å²) in [7, 11) is 0. The maximum atomic E-state index is 11.9. The van der Waals surface area contributed by atoms with Gasteiger partial charge in [-0.1, -0.05) is 27.7 Å². The first kappa shape index (κ1) is 32.0. The predicted octanol–water partition coefficient (Wildman–Crippen LogP) is 4.75. The number of carbonyl (C=O) groups excluding carboxylic acids is 3. The van der Waals surface area contributed by atoms with Gasteiger partial charge in [0.05, 0.1) is 11.8 Å². The molecule has 0 aromatic carbocycles. The van der Waals surface area contributed by atoms with Crippen LogP contribution in [0.5, 0.6) is 0 Å². The van der Waals surface area contributed by atoms with Gasteiger partial charge in [-0.05, 0) is 12.8 Å². The fourth-order valence-corrected chi connectivity index (χ4v) is 1.36. The van der Waals surface area contributed by atoms with E-state index in [1.54, 1.807) is 13.8 Å². The minimum absolute atomic E-state index is 0.0985. The smallest absolute Gasteiger partial charge is 0.434 e. The third kappa shape index (κ3) is 14.7. The van der Waals surface area contributed by atoms with Crippen molar-refractivity contribution in [3.63, 3.8) is 0 Å². The maximum Gasteiger partial charge on any atom is 0.434 e. The largest absolute Gasteiger partial charge is 0.454 e. The standard InChI is InChI=1S/C9H13F3O4.C8H10F6O2/c1-3-6(2)8(14)15-4-7(13)16-5-9(10,11)12;1-3-4(2)5(15)16-6(7(9,10)11)8(12,13)14/h6H,3-5H2,1-2H3;4,6H,3H2,1-2H3. The average Bonchev–Trinajstić information content (AvgIpc) is 2.65. The molecule has 0 radical (unpaired) electrons. The summed E-state index contributed by atoms with van der Waals surface area (Å²) in [5, 5.41) is 0. The summed E-state index contributed by atoms with van der Waals surface area (Å²) >= 11 is 0. The molecule has 0 N–H and O–H groups in total. The highest BCUT2D eigenvalue weighted by molar-refractivity contribution is 5.77. The molecule has 2 atom stereocenters. The number of halogens is 9. The van der Waals surface area contributed by atoms with Crippen molar-refractivity contribution >= 4 is 17.9 Å². The van der Waals surface area contributed by atoms with Crippen LogP contribution in [0.2, 0.25) is 0 Å². The van der Waals surface area contributed by atoms with Gasteiger partial charge in [0.15, 0.2) is 13.2 Å². The van der Waals surface area contributed by atoms with Crippen LogP contribution in [0.1, 0.15) is 40.5 Å². The zero-order valence-corrected chi connectivity index (χ0v) is 17.4. The van der Waals surface area contributed by atoms with Gasteiger partial charge < -0.3 is 14.2 Å². The molecule has 0 heterocycles. The summed E-state index contributed by atoms with van der Waals surface area (Å²) in [5.41, 5.74) is 0. The monoisotopic (exact) mass is 494 g/mol. The first-order valence-corrected chi connectivity index (χ1v) is 8.99. The second kappa shape index (κ2) is 13.4. The van der Waals surface area contributed by atoms with E-state index in [4.69, 9.17) is 0 Å². The Bertz CT molecular complexity index is 585. The number of carbonyl (C=O) groups is 3. The summed E-state index contributed by atoms with van der Waals surface area (Å²) in [6.07, 6.45) is -19.3. The third-order valence-electron chi connectivity index (χ3n) is 3.59. The Balaban J connectivity index is 0. The molecule has 0 bridgehead atoms. The fourth-order valence-electron chi connectivity index (χ4n) is 1.36. The summed E-state index contributed by atoms with van der Waals surface area (Å²) < 4.78 is 118. The normalized spacial score (nSPS) is 14.1. The lowest BCUT2D eigenvalue weighted by Gasteiger charge is -2.23. The van der Waals surface area contributed by atoms with Gasteiger partial charge in [-0.15, -0.1) is 0 Å². The quantitative estimate of drug-likeness (QED) is 0.275. The van der Waals surface area contributed by atoms with Crippen molar-refractivity contribution < 1.29 is 68.1 Å². The topological polar surface area (TPSA) is 78.9 Å². The highest BCUT2D eigenvalue weighted by Gasteiger charge is 2.60. The van der Waals surface area contributed by atoms with Gasteiger partial charge in [0.2, 0.25) is 0 Å². The van der Waals surface area contributed by atoms with Crippen molar-refractivity contribution in [1.29, 1.82) is 0 Å². The average molecular weight is 494 g/mol. The molecule has 0 amide bonds. The second-order valence-electron chi connectivity index (χ2n) is 6.40. The van der Waals surface area contributed by atoms with Gasteiger partial charge in [-0.2, -0.15) is 39.5 Å². The van der Waals surface area contributed by atoms with E-state index in [9.17, 15) is 53.9 Å². The van der Waals surface area contributed by atoms with E-state index in [0.717, 1.165) is 0 Å². The molecule has 6 nitrogen and oxygen atoms in total. The molecule has 2 unspecified atom stereocenters. The molecular weight excluding hydrogens is 471 g/mol.